The van der Waals surface area contributed by atoms with Gasteiger partial charge in [0.25, 0.3) is 10.5 Å². The summed E-state index contributed by atoms with van der Waals surface area (Å²) in [6.07, 6.45) is 0. The van der Waals surface area contributed by atoms with Crippen LogP contribution < -0.4 is 0 Å². The lowest BCUT2D eigenvalue weighted by atomic mass is 10.1. The molecule has 0 aliphatic rings. The Labute approximate surface area is 87.4 Å². The largest absolute Gasteiger partial charge is 0.275 e. The van der Waals surface area contributed by atoms with E-state index < -0.39 is 33.2 Å². The summed E-state index contributed by atoms with van der Waals surface area (Å²) >= 11 is 9.90. The van der Waals surface area contributed by atoms with Crippen molar-refractivity contribution in [3.8, 4) is 0 Å². The minimum absolute atomic E-state index is 0.586. The Morgan fingerprint density at radius 3 is 2.07 bits per heavy atom. The van der Waals surface area contributed by atoms with Crippen molar-refractivity contribution in [1.29, 1.82) is 0 Å². The molecule has 0 aliphatic carbocycles. The van der Waals surface area contributed by atoms with Crippen LogP contribution in [0.25, 0.3) is 0 Å². The van der Waals surface area contributed by atoms with Gasteiger partial charge in [-0.05, 0) is 35.3 Å². The number of benzene rings is 1. The zero-order valence-corrected chi connectivity index (χ0v) is 7.99. The second kappa shape index (κ2) is 4.02. The van der Waals surface area contributed by atoms with Gasteiger partial charge in [-0.3, -0.25) is 9.59 Å². The summed E-state index contributed by atoms with van der Waals surface area (Å²) in [4.78, 5) is 21.2. The van der Waals surface area contributed by atoms with Crippen LogP contribution in [0.1, 0.15) is 20.7 Å². The van der Waals surface area contributed by atoms with E-state index in [1.807, 2.05) is 0 Å². The van der Waals surface area contributed by atoms with E-state index in [0.29, 0.717) is 0 Å². The first-order chi connectivity index (χ1) is 6.45. The summed E-state index contributed by atoms with van der Waals surface area (Å²) in [5.74, 6) is -2.48. The molecule has 0 aliphatic heterocycles. The molecule has 0 bridgehead atoms. The topological polar surface area (TPSA) is 34.1 Å². The third kappa shape index (κ3) is 1.91. The Morgan fingerprint density at radius 2 is 1.64 bits per heavy atom. The average molecular weight is 239 g/mol. The molecular formula is C8H2Cl2F2O2. The highest BCUT2D eigenvalue weighted by Crippen LogP contribution is 2.20. The molecule has 0 heterocycles. The van der Waals surface area contributed by atoms with Crippen LogP contribution in [0.4, 0.5) is 8.78 Å². The molecule has 0 amide bonds. The molecule has 74 valence electrons. The van der Waals surface area contributed by atoms with Crippen LogP contribution in [-0.2, 0) is 0 Å². The summed E-state index contributed by atoms with van der Waals surface area (Å²) in [6, 6.07) is 1.58. The van der Waals surface area contributed by atoms with Crippen LogP contribution in [0, 0.1) is 11.6 Å². The van der Waals surface area contributed by atoms with Gasteiger partial charge in [0, 0.05) is 0 Å². The maximum Gasteiger partial charge on any atom is 0.258 e. The monoisotopic (exact) mass is 238 g/mol. The summed E-state index contributed by atoms with van der Waals surface area (Å²) in [5.41, 5.74) is -1.56. The number of carbonyl (C=O) groups is 2. The summed E-state index contributed by atoms with van der Waals surface area (Å²) in [5, 5.41) is -2.44. The van der Waals surface area contributed by atoms with Crippen LogP contribution >= 0.6 is 23.2 Å². The van der Waals surface area contributed by atoms with E-state index in [0.717, 1.165) is 12.1 Å². The van der Waals surface area contributed by atoms with Crippen molar-refractivity contribution in [2.24, 2.45) is 0 Å². The van der Waals surface area contributed by atoms with Crippen LogP contribution in [0.3, 0.4) is 0 Å². The maximum atomic E-state index is 13.2. The molecular weight excluding hydrogens is 237 g/mol. The standard InChI is InChI=1S/C8H2Cl2F2O2/c9-7(13)3-1-2-4(11)5(6(3)12)8(10)14/h1-2H. The summed E-state index contributed by atoms with van der Waals surface area (Å²) in [6.45, 7) is 0. The fourth-order valence-electron chi connectivity index (χ4n) is 0.884. The van der Waals surface area contributed by atoms with Crippen molar-refractivity contribution < 1.29 is 18.4 Å². The van der Waals surface area contributed by atoms with Crippen molar-refractivity contribution >= 4 is 33.7 Å². The molecule has 0 atom stereocenters. The number of carbonyl (C=O) groups excluding carboxylic acids is 2. The molecule has 0 aromatic heterocycles. The Morgan fingerprint density at radius 1 is 1.07 bits per heavy atom. The predicted octanol–water partition coefficient (Wildman–Crippen LogP) is 2.72. The van der Waals surface area contributed by atoms with Gasteiger partial charge in [0.1, 0.15) is 17.2 Å². The molecule has 0 saturated carbocycles. The normalized spacial score (nSPS) is 10.0. The molecule has 0 N–H and O–H groups in total. The lowest BCUT2D eigenvalue weighted by Gasteiger charge is -2.02. The van der Waals surface area contributed by atoms with E-state index in [9.17, 15) is 18.4 Å². The lowest BCUT2D eigenvalue weighted by Crippen LogP contribution is -2.05. The lowest BCUT2D eigenvalue weighted by molar-refractivity contribution is 0.107. The van der Waals surface area contributed by atoms with Gasteiger partial charge in [-0.25, -0.2) is 8.78 Å². The molecule has 14 heavy (non-hydrogen) atoms. The molecule has 0 saturated heterocycles. The first kappa shape index (κ1) is 11.1. The van der Waals surface area contributed by atoms with Gasteiger partial charge in [-0.2, -0.15) is 0 Å². The van der Waals surface area contributed by atoms with Crippen molar-refractivity contribution in [1.82, 2.24) is 0 Å². The Balaban J connectivity index is 3.49. The van der Waals surface area contributed by atoms with E-state index >= 15 is 0 Å². The van der Waals surface area contributed by atoms with Crippen molar-refractivity contribution in [2.75, 3.05) is 0 Å². The summed E-state index contributed by atoms with van der Waals surface area (Å²) in [7, 11) is 0. The zero-order chi connectivity index (χ0) is 10.9. The van der Waals surface area contributed by atoms with Crippen molar-refractivity contribution in [2.45, 2.75) is 0 Å². The Kier molecular flexibility index (Phi) is 3.18. The fourth-order valence-corrected chi connectivity index (χ4v) is 1.20. The molecule has 2 nitrogen and oxygen atoms in total. The molecule has 6 heteroatoms. The fraction of sp³-hybridized carbons (Fsp3) is 0. The van der Waals surface area contributed by atoms with E-state index in [2.05, 4.69) is 0 Å². The minimum Gasteiger partial charge on any atom is -0.275 e. The zero-order valence-electron chi connectivity index (χ0n) is 6.48. The first-order valence-electron chi connectivity index (χ1n) is 3.32. The van der Waals surface area contributed by atoms with Crippen LogP contribution in [-0.4, -0.2) is 10.5 Å². The highest BCUT2D eigenvalue weighted by atomic mass is 35.5. The molecule has 1 aromatic rings. The SMILES string of the molecule is O=C(Cl)c1ccc(F)c(C(=O)Cl)c1F. The van der Waals surface area contributed by atoms with E-state index in [4.69, 9.17) is 23.2 Å². The molecule has 0 fully saturated rings. The molecule has 0 unspecified atom stereocenters. The van der Waals surface area contributed by atoms with Gasteiger partial charge >= 0.3 is 0 Å². The molecule has 0 radical (unpaired) electrons. The van der Waals surface area contributed by atoms with Gasteiger partial charge in [0.05, 0.1) is 5.56 Å². The van der Waals surface area contributed by atoms with E-state index in [-0.39, 0.29) is 0 Å². The molecule has 1 aromatic carbocycles. The van der Waals surface area contributed by atoms with E-state index in [1.165, 1.54) is 0 Å². The van der Waals surface area contributed by atoms with Crippen LogP contribution in [0.2, 0.25) is 0 Å². The molecule has 1 rings (SSSR count). The van der Waals surface area contributed by atoms with Gasteiger partial charge in [-0.1, -0.05) is 0 Å². The van der Waals surface area contributed by atoms with Crippen molar-refractivity contribution in [3.63, 3.8) is 0 Å². The highest BCUT2D eigenvalue weighted by Gasteiger charge is 2.21. The Bertz CT molecular complexity index is 418. The highest BCUT2D eigenvalue weighted by molar-refractivity contribution is 6.69. The van der Waals surface area contributed by atoms with Gasteiger partial charge in [0.15, 0.2) is 0 Å². The van der Waals surface area contributed by atoms with Crippen LogP contribution in [0.5, 0.6) is 0 Å². The quantitative estimate of drug-likeness (QED) is 0.743. The van der Waals surface area contributed by atoms with Gasteiger partial charge in [0.2, 0.25) is 0 Å². The third-order valence-electron chi connectivity index (χ3n) is 1.50. The van der Waals surface area contributed by atoms with E-state index in [1.54, 1.807) is 0 Å². The number of halogens is 4. The average Bonchev–Trinajstić information content (AvgIpc) is 2.02. The molecule has 0 spiro atoms. The predicted molar refractivity (Wildman–Crippen MR) is 46.7 cm³/mol. The number of hydrogen-bond acceptors (Lipinski definition) is 2. The number of hydrogen-bond donors (Lipinski definition) is 0. The second-order valence-electron chi connectivity index (χ2n) is 2.33. The second-order valence-corrected chi connectivity index (χ2v) is 3.02. The minimum atomic E-state index is -1.34. The van der Waals surface area contributed by atoms with Crippen LogP contribution in [0.15, 0.2) is 12.1 Å². The number of rotatable bonds is 2. The summed E-state index contributed by atoms with van der Waals surface area (Å²) < 4.78 is 26.0. The first-order valence-corrected chi connectivity index (χ1v) is 4.08. The maximum absolute atomic E-state index is 13.2. The van der Waals surface area contributed by atoms with Gasteiger partial charge < -0.3 is 0 Å². The van der Waals surface area contributed by atoms with Gasteiger partial charge in [-0.15, -0.1) is 0 Å². The smallest absolute Gasteiger partial charge is 0.258 e. The third-order valence-corrected chi connectivity index (χ3v) is 1.89. The van der Waals surface area contributed by atoms with Crippen molar-refractivity contribution in [3.05, 3.63) is 34.9 Å². The Hall–Kier alpha value is -1.00.